The van der Waals surface area contributed by atoms with E-state index in [0.29, 0.717) is 45.6 Å². The Morgan fingerprint density at radius 2 is 1.50 bits per heavy atom. The molecule has 0 amide bonds. The molecular weight excluding hydrogens is 300 g/mol. The van der Waals surface area contributed by atoms with Gasteiger partial charge in [0.1, 0.15) is 0 Å². The predicted molar refractivity (Wildman–Crippen MR) is 102 cm³/mol. The van der Waals surface area contributed by atoms with E-state index in [9.17, 15) is 0 Å². The molecule has 0 heterocycles. The number of allylic oxidation sites excluding steroid dienone is 3. The lowest BCUT2D eigenvalue weighted by molar-refractivity contribution is 1.42. The van der Waals surface area contributed by atoms with Gasteiger partial charge in [-0.25, -0.2) is 9.98 Å². The number of hydrogen-bond donors (Lipinski definition) is 4. The molecule has 2 aromatic rings. The topological polar surface area (TPSA) is 129 Å². The van der Waals surface area contributed by atoms with Crippen LogP contribution in [0.5, 0.6) is 0 Å². The minimum absolute atomic E-state index is 0.487. The van der Waals surface area contributed by atoms with Gasteiger partial charge < -0.3 is 22.9 Å². The highest BCUT2D eigenvalue weighted by molar-refractivity contribution is 6.22. The van der Waals surface area contributed by atoms with Gasteiger partial charge in [0.15, 0.2) is 0 Å². The standard InChI is InChI=1S/C18H18N6/c19-13-7-5-11(9-15(13)21)24-18-8-6-12(10-16(18)22)23-17-4-2-1-3-14(17)20/h1-10H,19-22H2. The first kappa shape index (κ1) is 15.4. The second-order valence-electron chi connectivity index (χ2n) is 5.34. The normalized spacial score (nSPS) is 17.2. The third-order valence-electron chi connectivity index (χ3n) is 3.52. The summed E-state index contributed by atoms with van der Waals surface area (Å²) >= 11 is 0. The van der Waals surface area contributed by atoms with Crippen molar-refractivity contribution in [3.05, 3.63) is 66.4 Å². The lowest BCUT2D eigenvalue weighted by Crippen LogP contribution is -2.15. The van der Waals surface area contributed by atoms with Gasteiger partial charge in [0.25, 0.3) is 0 Å². The molecular formula is C18H18N6. The van der Waals surface area contributed by atoms with Crippen LogP contribution in [0.15, 0.2) is 76.4 Å². The minimum atomic E-state index is 0.487. The molecule has 6 nitrogen and oxygen atoms in total. The fraction of sp³-hybridized carbons (Fsp3) is 0. The number of aliphatic imine (C=N–C) groups is 2. The second-order valence-corrected chi connectivity index (χ2v) is 5.34. The van der Waals surface area contributed by atoms with Crippen LogP contribution in [0.1, 0.15) is 0 Å². The molecule has 1 aliphatic carbocycles. The van der Waals surface area contributed by atoms with Crippen molar-refractivity contribution < 1.29 is 0 Å². The number of benzene rings is 2. The van der Waals surface area contributed by atoms with Gasteiger partial charge in [0, 0.05) is 0 Å². The summed E-state index contributed by atoms with van der Waals surface area (Å²) in [5.41, 5.74) is 28.4. The van der Waals surface area contributed by atoms with Gasteiger partial charge >= 0.3 is 0 Å². The molecule has 0 aromatic heterocycles. The lowest BCUT2D eigenvalue weighted by atomic mass is 10.1. The van der Waals surface area contributed by atoms with E-state index in [2.05, 4.69) is 9.98 Å². The van der Waals surface area contributed by atoms with Gasteiger partial charge in [-0.1, -0.05) is 12.1 Å². The van der Waals surface area contributed by atoms with Crippen molar-refractivity contribution in [2.24, 2.45) is 15.7 Å². The summed E-state index contributed by atoms with van der Waals surface area (Å²) in [5, 5.41) is 0. The predicted octanol–water partition coefficient (Wildman–Crippen LogP) is 2.69. The number of nitrogens with zero attached hydrogens (tertiary/aromatic N) is 2. The zero-order chi connectivity index (χ0) is 17.1. The molecule has 8 N–H and O–H groups in total. The van der Waals surface area contributed by atoms with E-state index in [-0.39, 0.29) is 0 Å². The Balaban J connectivity index is 1.89. The van der Waals surface area contributed by atoms with Gasteiger partial charge in [0.2, 0.25) is 0 Å². The Hall–Kier alpha value is -3.54. The van der Waals surface area contributed by atoms with Crippen LogP contribution < -0.4 is 22.9 Å². The van der Waals surface area contributed by atoms with Gasteiger partial charge in [-0.2, -0.15) is 0 Å². The van der Waals surface area contributed by atoms with Gasteiger partial charge in [-0.15, -0.1) is 0 Å². The average molecular weight is 318 g/mol. The zero-order valence-corrected chi connectivity index (χ0v) is 13.0. The van der Waals surface area contributed by atoms with E-state index in [4.69, 9.17) is 22.9 Å². The molecule has 0 fully saturated rings. The Kier molecular flexibility index (Phi) is 4.03. The molecule has 0 radical (unpaired) electrons. The van der Waals surface area contributed by atoms with Crippen molar-refractivity contribution in [3.8, 4) is 0 Å². The fourth-order valence-corrected chi connectivity index (χ4v) is 2.21. The van der Waals surface area contributed by atoms with Crippen LogP contribution in [-0.4, -0.2) is 11.4 Å². The molecule has 0 bridgehead atoms. The summed E-state index contributed by atoms with van der Waals surface area (Å²) in [4.78, 5) is 8.97. The van der Waals surface area contributed by atoms with E-state index in [0.717, 1.165) is 0 Å². The van der Waals surface area contributed by atoms with Crippen LogP contribution >= 0.6 is 0 Å². The Morgan fingerprint density at radius 3 is 2.21 bits per heavy atom. The summed E-state index contributed by atoms with van der Waals surface area (Å²) in [6.45, 7) is 0. The second kappa shape index (κ2) is 6.29. The molecule has 0 aliphatic heterocycles. The Labute approximate surface area is 139 Å². The van der Waals surface area contributed by atoms with Crippen molar-refractivity contribution in [1.82, 2.24) is 0 Å². The first-order valence-electron chi connectivity index (χ1n) is 7.35. The van der Waals surface area contributed by atoms with Gasteiger partial charge in [-0.3, -0.25) is 0 Å². The third-order valence-corrected chi connectivity index (χ3v) is 3.52. The maximum absolute atomic E-state index is 6.09. The molecule has 6 heteroatoms. The first-order valence-corrected chi connectivity index (χ1v) is 7.35. The van der Waals surface area contributed by atoms with Crippen LogP contribution in [0.3, 0.4) is 0 Å². The SMILES string of the molecule is NC1=CC(=Nc2ccccc2N)C=CC1=Nc1ccc(N)c(N)c1. The highest BCUT2D eigenvalue weighted by Crippen LogP contribution is 2.24. The lowest BCUT2D eigenvalue weighted by Gasteiger charge is -2.09. The van der Waals surface area contributed by atoms with E-state index >= 15 is 0 Å². The van der Waals surface area contributed by atoms with Crippen LogP contribution in [0.25, 0.3) is 0 Å². The van der Waals surface area contributed by atoms with Crippen LogP contribution in [-0.2, 0) is 0 Å². The first-order chi connectivity index (χ1) is 11.5. The number of nitrogens with two attached hydrogens (primary N) is 4. The van der Waals surface area contributed by atoms with E-state index < -0.39 is 0 Å². The number of anilines is 3. The summed E-state index contributed by atoms with van der Waals surface area (Å²) < 4.78 is 0. The fourth-order valence-electron chi connectivity index (χ4n) is 2.21. The molecule has 24 heavy (non-hydrogen) atoms. The molecule has 1 aliphatic rings. The van der Waals surface area contributed by atoms with Crippen molar-refractivity contribution in [2.75, 3.05) is 17.2 Å². The quantitative estimate of drug-likeness (QED) is 0.501. The van der Waals surface area contributed by atoms with E-state index in [1.807, 2.05) is 24.3 Å². The zero-order valence-electron chi connectivity index (χ0n) is 13.0. The Morgan fingerprint density at radius 1 is 0.708 bits per heavy atom. The molecule has 0 unspecified atom stereocenters. The molecule has 2 aromatic carbocycles. The largest absolute Gasteiger partial charge is 0.397 e. The van der Waals surface area contributed by atoms with Crippen LogP contribution in [0.4, 0.5) is 28.4 Å². The molecule has 0 atom stereocenters. The van der Waals surface area contributed by atoms with Crippen LogP contribution in [0.2, 0.25) is 0 Å². The molecule has 120 valence electrons. The van der Waals surface area contributed by atoms with Crippen molar-refractivity contribution in [2.45, 2.75) is 0 Å². The molecule has 0 saturated carbocycles. The monoisotopic (exact) mass is 318 g/mol. The number of rotatable bonds is 2. The van der Waals surface area contributed by atoms with Crippen molar-refractivity contribution in [3.63, 3.8) is 0 Å². The average Bonchev–Trinajstić information content (AvgIpc) is 2.56. The maximum Gasteiger partial charge on any atom is 0.0867 e. The highest BCUT2D eigenvalue weighted by atomic mass is 14.8. The summed E-state index contributed by atoms with van der Waals surface area (Å²) in [5.74, 6) is 0. The molecule has 3 rings (SSSR count). The van der Waals surface area contributed by atoms with Gasteiger partial charge in [0.05, 0.1) is 45.6 Å². The van der Waals surface area contributed by atoms with E-state index in [1.54, 1.807) is 36.4 Å². The van der Waals surface area contributed by atoms with E-state index in [1.165, 1.54) is 0 Å². The number of hydrogen-bond acceptors (Lipinski definition) is 6. The van der Waals surface area contributed by atoms with Gasteiger partial charge in [-0.05, 0) is 48.6 Å². The smallest absolute Gasteiger partial charge is 0.0867 e. The van der Waals surface area contributed by atoms with Crippen molar-refractivity contribution in [1.29, 1.82) is 0 Å². The molecule has 0 spiro atoms. The number of nitrogen functional groups attached to an aromatic ring is 3. The molecule has 0 saturated heterocycles. The number of para-hydroxylation sites is 2. The van der Waals surface area contributed by atoms with Crippen molar-refractivity contribution >= 4 is 39.9 Å². The summed E-state index contributed by atoms with van der Waals surface area (Å²) in [6, 6.07) is 12.6. The summed E-state index contributed by atoms with van der Waals surface area (Å²) in [6.07, 6.45) is 5.40. The van der Waals surface area contributed by atoms with Crippen LogP contribution in [0, 0.1) is 0 Å². The maximum atomic E-state index is 6.09. The Bertz CT molecular complexity index is 905. The summed E-state index contributed by atoms with van der Waals surface area (Å²) in [7, 11) is 0. The highest BCUT2D eigenvalue weighted by Gasteiger charge is 2.08. The third kappa shape index (κ3) is 3.27. The minimum Gasteiger partial charge on any atom is -0.397 e.